The summed E-state index contributed by atoms with van der Waals surface area (Å²) in [7, 11) is 0. The Bertz CT molecular complexity index is 1060. The third kappa shape index (κ3) is 6.91. The minimum atomic E-state index is -0.687. The summed E-state index contributed by atoms with van der Waals surface area (Å²) < 4.78 is 16.0. The molecule has 0 aromatic heterocycles. The molecule has 7 nitrogen and oxygen atoms in total. The maximum atomic E-state index is 11.9. The summed E-state index contributed by atoms with van der Waals surface area (Å²) in [6.45, 7) is -0.366. The number of rotatable bonds is 9. The zero-order chi connectivity index (χ0) is 21.9. The van der Waals surface area contributed by atoms with Crippen LogP contribution in [0.5, 0.6) is 11.5 Å². The monoisotopic (exact) mass is 416 g/mol. The van der Waals surface area contributed by atoms with Gasteiger partial charge in [0.25, 0.3) is 5.91 Å². The number of ether oxygens (including phenoxy) is 3. The van der Waals surface area contributed by atoms with Crippen LogP contribution in [-0.4, -0.2) is 25.1 Å². The van der Waals surface area contributed by atoms with Gasteiger partial charge >= 0.3 is 5.97 Å². The van der Waals surface area contributed by atoms with Crippen LogP contribution >= 0.6 is 0 Å². The highest BCUT2D eigenvalue weighted by molar-refractivity contribution is 5.94. The number of para-hydroxylation sites is 1. The molecular formula is C24H20N2O5. The van der Waals surface area contributed by atoms with E-state index in [4.69, 9.17) is 19.5 Å². The Balaban J connectivity index is 1.38. The fraction of sp³-hybridized carbons (Fsp3) is 0.125. The summed E-state index contributed by atoms with van der Waals surface area (Å²) in [5.74, 6) is -0.0893. The van der Waals surface area contributed by atoms with E-state index >= 15 is 0 Å². The quantitative estimate of drug-likeness (QED) is 0.534. The lowest BCUT2D eigenvalue weighted by atomic mass is 10.2. The van der Waals surface area contributed by atoms with Crippen molar-refractivity contribution in [2.75, 3.05) is 18.5 Å². The number of hydrogen-bond donors (Lipinski definition) is 1. The first-order valence-corrected chi connectivity index (χ1v) is 9.48. The molecule has 0 heterocycles. The van der Waals surface area contributed by atoms with Crippen molar-refractivity contribution in [2.45, 2.75) is 6.61 Å². The Morgan fingerprint density at radius 2 is 1.45 bits per heavy atom. The first kappa shape index (κ1) is 21.4. The summed E-state index contributed by atoms with van der Waals surface area (Å²) >= 11 is 0. The Kier molecular flexibility index (Phi) is 7.61. The van der Waals surface area contributed by atoms with Crippen molar-refractivity contribution < 1.29 is 23.8 Å². The van der Waals surface area contributed by atoms with E-state index in [2.05, 4.69) is 5.32 Å². The van der Waals surface area contributed by atoms with Gasteiger partial charge in [-0.05, 0) is 42.0 Å². The fourth-order valence-electron chi connectivity index (χ4n) is 2.58. The molecule has 0 aliphatic rings. The summed E-state index contributed by atoms with van der Waals surface area (Å²) in [6, 6.07) is 25.2. The van der Waals surface area contributed by atoms with E-state index in [-0.39, 0.29) is 6.61 Å². The lowest BCUT2D eigenvalue weighted by Crippen LogP contribution is -2.24. The number of carbonyl (C=O) groups excluding carboxylic acids is 2. The Hall–Kier alpha value is -4.31. The van der Waals surface area contributed by atoms with Gasteiger partial charge in [0.05, 0.1) is 11.3 Å². The highest BCUT2D eigenvalue weighted by Crippen LogP contribution is 2.19. The van der Waals surface area contributed by atoms with Crippen molar-refractivity contribution in [1.29, 1.82) is 5.26 Å². The molecule has 0 unspecified atom stereocenters. The molecule has 0 saturated carbocycles. The van der Waals surface area contributed by atoms with Gasteiger partial charge in [-0.25, -0.2) is 4.79 Å². The number of carbonyl (C=O) groups is 2. The number of benzene rings is 3. The van der Waals surface area contributed by atoms with Crippen molar-refractivity contribution in [2.24, 2.45) is 0 Å². The second kappa shape index (κ2) is 11.0. The van der Waals surface area contributed by atoms with Crippen LogP contribution in [0.2, 0.25) is 0 Å². The van der Waals surface area contributed by atoms with Gasteiger partial charge in [0, 0.05) is 0 Å². The minimum absolute atomic E-state index is 0.321. The topological polar surface area (TPSA) is 97.7 Å². The zero-order valence-corrected chi connectivity index (χ0v) is 16.6. The summed E-state index contributed by atoms with van der Waals surface area (Å²) in [6.07, 6.45) is 0. The Morgan fingerprint density at radius 3 is 2.16 bits per heavy atom. The first-order valence-electron chi connectivity index (χ1n) is 9.48. The molecule has 0 atom stereocenters. The molecule has 0 fully saturated rings. The van der Waals surface area contributed by atoms with E-state index in [1.165, 1.54) is 0 Å². The highest BCUT2D eigenvalue weighted by atomic mass is 16.6. The number of amides is 1. The van der Waals surface area contributed by atoms with Crippen LogP contribution in [-0.2, 0) is 20.9 Å². The normalized spacial score (nSPS) is 9.90. The third-order valence-corrected chi connectivity index (χ3v) is 4.11. The fourth-order valence-corrected chi connectivity index (χ4v) is 2.58. The van der Waals surface area contributed by atoms with Gasteiger partial charge in [-0.15, -0.1) is 0 Å². The zero-order valence-electron chi connectivity index (χ0n) is 16.6. The molecule has 0 aliphatic carbocycles. The number of nitriles is 1. The van der Waals surface area contributed by atoms with Gasteiger partial charge in [-0.3, -0.25) is 4.79 Å². The number of esters is 1. The van der Waals surface area contributed by atoms with Crippen LogP contribution in [0.1, 0.15) is 11.1 Å². The van der Waals surface area contributed by atoms with Crippen LogP contribution < -0.4 is 14.8 Å². The van der Waals surface area contributed by atoms with Gasteiger partial charge in [-0.1, -0.05) is 42.5 Å². The Labute approximate surface area is 179 Å². The largest absolute Gasteiger partial charge is 0.489 e. The summed E-state index contributed by atoms with van der Waals surface area (Å²) in [4.78, 5) is 23.7. The predicted octanol–water partition coefficient (Wildman–Crippen LogP) is 3.70. The maximum Gasteiger partial charge on any atom is 0.344 e. The van der Waals surface area contributed by atoms with Crippen LogP contribution in [0.15, 0.2) is 78.9 Å². The Morgan fingerprint density at radius 1 is 0.806 bits per heavy atom. The van der Waals surface area contributed by atoms with E-state index in [0.717, 1.165) is 5.56 Å². The molecule has 1 N–H and O–H groups in total. The van der Waals surface area contributed by atoms with E-state index in [1.54, 1.807) is 48.5 Å². The average molecular weight is 416 g/mol. The van der Waals surface area contributed by atoms with E-state index in [1.807, 2.05) is 36.4 Å². The van der Waals surface area contributed by atoms with Crippen LogP contribution in [0.4, 0.5) is 5.69 Å². The van der Waals surface area contributed by atoms with Crippen molar-refractivity contribution in [1.82, 2.24) is 0 Å². The number of nitrogens with one attached hydrogen (secondary N) is 1. The molecule has 156 valence electrons. The second-order valence-corrected chi connectivity index (χ2v) is 6.40. The molecule has 0 radical (unpaired) electrons. The average Bonchev–Trinajstić information content (AvgIpc) is 2.82. The highest BCUT2D eigenvalue weighted by Gasteiger charge is 2.10. The molecule has 0 spiro atoms. The molecule has 0 bridgehead atoms. The molecule has 0 aliphatic heterocycles. The van der Waals surface area contributed by atoms with Crippen LogP contribution in [0, 0.1) is 11.3 Å². The number of anilines is 1. The van der Waals surface area contributed by atoms with Crippen molar-refractivity contribution in [3.05, 3.63) is 90.0 Å². The standard InChI is InChI=1S/C24H20N2O5/c25-14-19-8-4-5-9-22(19)26-23(27)16-31-24(28)17-30-21-12-10-20(11-13-21)29-15-18-6-2-1-3-7-18/h1-13H,15-17H2,(H,26,27). The van der Waals surface area contributed by atoms with Gasteiger partial charge in [0.15, 0.2) is 13.2 Å². The maximum absolute atomic E-state index is 11.9. The smallest absolute Gasteiger partial charge is 0.344 e. The van der Waals surface area contributed by atoms with E-state index < -0.39 is 18.5 Å². The molecule has 3 rings (SSSR count). The summed E-state index contributed by atoms with van der Waals surface area (Å²) in [5.41, 5.74) is 1.74. The van der Waals surface area contributed by atoms with Gasteiger partial charge in [0.1, 0.15) is 24.2 Å². The molecular weight excluding hydrogens is 396 g/mol. The number of nitrogens with zero attached hydrogens (tertiary/aromatic N) is 1. The number of hydrogen-bond acceptors (Lipinski definition) is 6. The van der Waals surface area contributed by atoms with Crippen molar-refractivity contribution in [3.63, 3.8) is 0 Å². The van der Waals surface area contributed by atoms with E-state index in [0.29, 0.717) is 29.4 Å². The molecule has 1 amide bonds. The van der Waals surface area contributed by atoms with Crippen LogP contribution in [0.25, 0.3) is 0 Å². The van der Waals surface area contributed by atoms with Crippen molar-refractivity contribution >= 4 is 17.6 Å². The predicted molar refractivity (Wildman–Crippen MR) is 113 cm³/mol. The molecule has 3 aromatic rings. The molecule has 31 heavy (non-hydrogen) atoms. The van der Waals surface area contributed by atoms with E-state index in [9.17, 15) is 9.59 Å². The van der Waals surface area contributed by atoms with Gasteiger partial charge in [-0.2, -0.15) is 5.26 Å². The van der Waals surface area contributed by atoms with Crippen LogP contribution in [0.3, 0.4) is 0 Å². The molecule has 0 saturated heterocycles. The SMILES string of the molecule is N#Cc1ccccc1NC(=O)COC(=O)COc1ccc(OCc2ccccc2)cc1. The molecule has 3 aromatic carbocycles. The molecule has 7 heteroatoms. The lowest BCUT2D eigenvalue weighted by molar-refractivity contribution is -0.149. The minimum Gasteiger partial charge on any atom is -0.489 e. The lowest BCUT2D eigenvalue weighted by Gasteiger charge is -2.10. The third-order valence-electron chi connectivity index (χ3n) is 4.11. The van der Waals surface area contributed by atoms with Gasteiger partial charge < -0.3 is 19.5 Å². The first-order chi connectivity index (χ1) is 15.1. The van der Waals surface area contributed by atoms with Crippen molar-refractivity contribution in [3.8, 4) is 17.6 Å². The van der Waals surface area contributed by atoms with Gasteiger partial charge in [0.2, 0.25) is 0 Å². The second-order valence-electron chi connectivity index (χ2n) is 6.40. The summed E-state index contributed by atoms with van der Waals surface area (Å²) in [5, 5.41) is 11.5.